The summed E-state index contributed by atoms with van der Waals surface area (Å²) in [5, 5.41) is 7.25. The molecule has 0 saturated carbocycles. The first-order valence-electron chi connectivity index (χ1n) is 11.5. The van der Waals surface area contributed by atoms with Gasteiger partial charge in [-0.05, 0) is 43.2 Å². The number of carbonyl (C=O) groups excluding carboxylic acids is 2. The predicted molar refractivity (Wildman–Crippen MR) is 116 cm³/mol. The number of H-pyrrole nitrogens is 1. The van der Waals surface area contributed by atoms with E-state index in [0.717, 1.165) is 23.7 Å². The zero-order valence-electron chi connectivity index (χ0n) is 18.9. The lowest BCUT2D eigenvalue weighted by Crippen LogP contribution is -2.39. The summed E-state index contributed by atoms with van der Waals surface area (Å²) in [6.07, 6.45) is -1.96. The maximum atomic E-state index is 13.4. The summed E-state index contributed by atoms with van der Waals surface area (Å²) in [5.74, 6) is -0.556. The molecule has 1 aromatic heterocycles. The zero-order chi connectivity index (χ0) is 23.8. The molecule has 0 aliphatic carbocycles. The van der Waals surface area contributed by atoms with E-state index in [1.54, 1.807) is 21.9 Å². The van der Waals surface area contributed by atoms with Crippen molar-refractivity contribution in [3.05, 3.63) is 52.3 Å². The van der Waals surface area contributed by atoms with E-state index < -0.39 is 11.7 Å². The van der Waals surface area contributed by atoms with Gasteiger partial charge in [-0.25, -0.2) is 0 Å². The SMILES string of the molecule is CC(C)C(=O)N1CCCc2[nH]nc(C(=O)N3CCC(c4ccccc4C(F)(F)F)CC3)c2C1. The van der Waals surface area contributed by atoms with E-state index in [1.807, 2.05) is 13.8 Å². The molecule has 1 fully saturated rings. The van der Waals surface area contributed by atoms with Gasteiger partial charge in [0.2, 0.25) is 5.91 Å². The molecule has 1 saturated heterocycles. The Morgan fingerprint density at radius 2 is 1.79 bits per heavy atom. The van der Waals surface area contributed by atoms with Gasteiger partial charge < -0.3 is 9.80 Å². The molecule has 0 bridgehead atoms. The number of hydrogen-bond acceptors (Lipinski definition) is 3. The van der Waals surface area contributed by atoms with Crippen LogP contribution in [-0.4, -0.2) is 51.4 Å². The second kappa shape index (κ2) is 9.19. The number of fused-ring (bicyclic) bond motifs is 1. The van der Waals surface area contributed by atoms with Crippen LogP contribution in [0.15, 0.2) is 24.3 Å². The summed E-state index contributed by atoms with van der Waals surface area (Å²) in [7, 11) is 0. The second-order valence-corrected chi connectivity index (χ2v) is 9.20. The third kappa shape index (κ3) is 4.77. The van der Waals surface area contributed by atoms with E-state index in [1.165, 1.54) is 6.07 Å². The number of piperidine rings is 1. The van der Waals surface area contributed by atoms with Crippen molar-refractivity contribution in [2.45, 2.75) is 58.2 Å². The number of aromatic nitrogens is 2. The summed E-state index contributed by atoms with van der Waals surface area (Å²) >= 11 is 0. The van der Waals surface area contributed by atoms with Gasteiger partial charge >= 0.3 is 6.18 Å². The third-order valence-electron chi connectivity index (χ3n) is 6.65. The minimum Gasteiger partial charge on any atom is -0.338 e. The third-order valence-corrected chi connectivity index (χ3v) is 6.65. The molecule has 0 radical (unpaired) electrons. The Morgan fingerprint density at radius 1 is 1.09 bits per heavy atom. The van der Waals surface area contributed by atoms with E-state index in [9.17, 15) is 22.8 Å². The molecule has 2 aliphatic rings. The van der Waals surface area contributed by atoms with Crippen molar-refractivity contribution in [2.75, 3.05) is 19.6 Å². The fraction of sp³-hybridized carbons (Fsp3) is 0.542. The molecule has 2 aromatic rings. The number of alkyl halides is 3. The lowest BCUT2D eigenvalue weighted by Gasteiger charge is -2.33. The molecule has 1 aromatic carbocycles. The Balaban J connectivity index is 1.48. The number of amides is 2. The van der Waals surface area contributed by atoms with E-state index in [0.29, 0.717) is 56.7 Å². The summed E-state index contributed by atoms with van der Waals surface area (Å²) < 4.78 is 40.3. The fourth-order valence-electron chi connectivity index (χ4n) is 4.88. The largest absolute Gasteiger partial charge is 0.416 e. The molecule has 9 heteroatoms. The van der Waals surface area contributed by atoms with Crippen LogP contribution >= 0.6 is 0 Å². The maximum absolute atomic E-state index is 13.4. The number of nitrogens with one attached hydrogen (secondary N) is 1. The van der Waals surface area contributed by atoms with E-state index in [2.05, 4.69) is 10.2 Å². The summed E-state index contributed by atoms with van der Waals surface area (Å²) in [6.45, 7) is 5.43. The molecule has 0 unspecified atom stereocenters. The van der Waals surface area contributed by atoms with Crippen molar-refractivity contribution in [2.24, 2.45) is 5.92 Å². The highest BCUT2D eigenvalue weighted by atomic mass is 19.4. The van der Waals surface area contributed by atoms with Crippen LogP contribution in [0.1, 0.15) is 71.9 Å². The van der Waals surface area contributed by atoms with Crippen molar-refractivity contribution < 1.29 is 22.8 Å². The first-order valence-corrected chi connectivity index (χ1v) is 11.5. The first-order chi connectivity index (χ1) is 15.7. The molecule has 2 amide bonds. The van der Waals surface area contributed by atoms with Crippen molar-refractivity contribution in [3.8, 4) is 0 Å². The molecular weight excluding hydrogens is 433 g/mol. The number of hydrogen-bond donors (Lipinski definition) is 1. The number of nitrogens with zero attached hydrogens (tertiary/aromatic N) is 3. The molecular formula is C24H29F3N4O2. The van der Waals surface area contributed by atoms with Gasteiger partial charge in [0.05, 0.1) is 5.56 Å². The first kappa shape index (κ1) is 23.3. The Morgan fingerprint density at radius 3 is 2.45 bits per heavy atom. The smallest absolute Gasteiger partial charge is 0.338 e. The summed E-state index contributed by atoms with van der Waals surface area (Å²) in [5.41, 5.74) is 1.67. The Bertz CT molecular complexity index is 1020. The number of carbonyl (C=O) groups is 2. The number of likely N-dealkylation sites (tertiary alicyclic amines) is 1. The van der Waals surface area contributed by atoms with Crippen LogP contribution in [0.4, 0.5) is 13.2 Å². The van der Waals surface area contributed by atoms with Gasteiger partial charge in [-0.1, -0.05) is 32.0 Å². The van der Waals surface area contributed by atoms with E-state index >= 15 is 0 Å². The highest BCUT2D eigenvalue weighted by Crippen LogP contribution is 2.39. The van der Waals surface area contributed by atoms with Crippen LogP contribution in [0.5, 0.6) is 0 Å². The second-order valence-electron chi connectivity index (χ2n) is 9.20. The van der Waals surface area contributed by atoms with Crippen LogP contribution in [0.2, 0.25) is 0 Å². The Kier molecular flexibility index (Phi) is 6.50. The van der Waals surface area contributed by atoms with Crippen LogP contribution in [0.3, 0.4) is 0 Å². The van der Waals surface area contributed by atoms with Gasteiger partial charge in [-0.15, -0.1) is 0 Å². The quantitative estimate of drug-likeness (QED) is 0.736. The van der Waals surface area contributed by atoms with Crippen LogP contribution in [0.25, 0.3) is 0 Å². The number of aromatic amines is 1. The standard InChI is InChI=1S/C24H29F3N4O2/c1-15(2)22(32)31-11-5-8-20-18(14-31)21(29-28-20)23(33)30-12-9-16(10-13-30)17-6-3-4-7-19(17)24(25,26)27/h3-4,6-7,15-16H,5,8-14H2,1-2H3,(H,28,29). The van der Waals surface area contributed by atoms with Crippen molar-refractivity contribution in [3.63, 3.8) is 0 Å². The summed E-state index contributed by atoms with van der Waals surface area (Å²) in [4.78, 5) is 29.3. The van der Waals surface area contributed by atoms with E-state index in [4.69, 9.17) is 0 Å². The molecule has 33 heavy (non-hydrogen) atoms. The molecule has 0 spiro atoms. The van der Waals surface area contributed by atoms with Gasteiger partial charge in [0.1, 0.15) is 0 Å². The highest BCUT2D eigenvalue weighted by Gasteiger charge is 2.37. The Hall–Kier alpha value is -2.84. The summed E-state index contributed by atoms with van der Waals surface area (Å²) in [6, 6.07) is 5.70. The molecule has 6 nitrogen and oxygen atoms in total. The van der Waals surface area contributed by atoms with E-state index in [-0.39, 0.29) is 23.7 Å². The van der Waals surface area contributed by atoms with Crippen molar-refractivity contribution in [1.82, 2.24) is 20.0 Å². The average Bonchev–Trinajstić information content (AvgIpc) is 3.07. The monoisotopic (exact) mass is 462 g/mol. The topological polar surface area (TPSA) is 69.3 Å². The number of aryl methyl sites for hydroxylation is 1. The van der Waals surface area contributed by atoms with Crippen LogP contribution in [-0.2, 0) is 23.9 Å². The minimum atomic E-state index is -4.39. The molecule has 0 atom stereocenters. The number of benzene rings is 1. The van der Waals surface area contributed by atoms with Gasteiger partial charge in [-0.3, -0.25) is 14.7 Å². The molecule has 4 rings (SSSR count). The van der Waals surface area contributed by atoms with Crippen LogP contribution in [0, 0.1) is 5.92 Å². The van der Waals surface area contributed by atoms with Gasteiger partial charge in [0.25, 0.3) is 5.91 Å². The zero-order valence-corrected chi connectivity index (χ0v) is 18.9. The maximum Gasteiger partial charge on any atom is 0.416 e. The van der Waals surface area contributed by atoms with Crippen molar-refractivity contribution >= 4 is 11.8 Å². The van der Waals surface area contributed by atoms with Gasteiger partial charge in [0, 0.05) is 43.4 Å². The number of rotatable bonds is 3. The lowest BCUT2D eigenvalue weighted by molar-refractivity contribution is -0.138. The molecule has 3 heterocycles. The predicted octanol–water partition coefficient (Wildman–Crippen LogP) is 4.38. The highest BCUT2D eigenvalue weighted by molar-refractivity contribution is 5.94. The minimum absolute atomic E-state index is 0.0478. The number of halogens is 3. The average molecular weight is 463 g/mol. The molecule has 178 valence electrons. The fourth-order valence-corrected chi connectivity index (χ4v) is 4.88. The lowest BCUT2D eigenvalue weighted by atomic mass is 9.86. The van der Waals surface area contributed by atoms with Gasteiger partial charge in [0.15, 0.2) is 5.69 Å². The Labute approximate surface area is 191 Å². The van der Waals surface area contributed by atoms with Gasteiger partial charge in [-0.2, -0.15) is 18.3 Å². The molecule has 1 N–H and O–H groups in total. The normalized spacial score (nSPS) is 17.8. The van der Waals surface area contributed by atoms with Crippen LogP contribution < -0.4 is 0 Å². The van der Waals surface area contributed by atoms with Crippen molar-refractivity contribution in [1.29, 1.82) is 0 Å². The molecule has 2 aliphatic heterocycles.